The molecule has 0 aliphatic carbocycles. The van der Waals surface area contributed by atoms with Gasteiger partial charge in [-0.1, -0.05) is 17.9 Å². The molecule has 0 aliphatic heterocycles. The van der Waals surface area contributed by atoms with Gasteiger partial charge in [-0.2, -0.15) is 15.3 Å². The molecule has 19 heteroatoms. The van der Waals surface area contributed by atoms with Gasteiger partial charge >= 0.3 is 46.6 Å². The van der Waals surface area contributed by atoms with E-state index in [1.807, 2.05) is 0 Å². The van der Waals surface area contributed by atoms with E-state index in [0.717, 1.165) is 30.3 Å². The molecule has 5 aromatic carbocycles. The van der Waals surface area contributed by atoms with Crippen molar-refractivity contribution >= 4 is 50.1 Å². The molecule has 50 heavy (non-hydrogen) atoms. The van der Waals surface area contributed by atoms with Crippen molar-refractivity contribution in [1.82, 2.24) is 0 Å². The van der Waals surface area contributed by atoms with Crippen LogP contribution in [0.15, 0.2) is 132 Å². The summed E-state index contributed by atoms with van der Waals surface area (Å²) in [6.07, 6.45) is 0. The van der Waals surface area contributed by atoms with E-state index in [1.165, 1.54) is 42.5 Å². The summed E-state index contributed by atoms with van der Waals surface area (Å²) >= 11 is 0. The van der Waals surface area contributed by atoms with Crippen LogP contribution in [-0.4, -0.2) is 18.9 Å². The first-order valence-electron chi connectivity index (χ1n) is 13.6. The average Bonchev–Trinajstić information content (AvgIpc) is 3.05. The number of azo groups is 1. The number of hydrogen-bond acceptors (Lipinski definition) is 15. The summed E-state index contributed by atoms with van der Waals surface area (Å²) in [5, 5.41) is 40.9. The zero-order valence-electron chi connectivity index (χ0n) is 25.6. The first-order valence-corrected chi connectivity index (χ1v) is 15.0. The largest absolute Gasteiger partial charge is 2.00 e. The molecule has 0 fully saturated rings. The van der Waals surface area contributed by atoms with E-state index in [9.17, 15) is 37.6 Å². The smallest absolute Gasteiger partial charge is 0.872 e. The molecule has 0 heterocycles. The maximum absolute atomic E-state index is 12.8. The molecule has 1 amide bonds. The van der Waals surface area contributed by atoms with Crippen molar-refractivity contribution in [3.63, 3.8) is 0 Å². The number of nitrogens with one attached hydrogen (secondary N) is 3. The van der Waals surface area contributed by atoms with Crippen LogP contribution in [0.5, 0.6) is 11.5 Å². The van der Waals surface area contributed by atoms with Crippen LogP contribution in [0.25, 0.3) is 0 Å². The molecule has 0 spiro atoms. The molecule has 16 nitrogen and oxygen atoms in total. The SMILES string of the molecule is Nc1cc([O-])ccc1N=Nc1ccc(NC(=O)c2ccc(N/N=c3\c(=O)cc/c(=N/Nc4cc(S(=O)(=O)[O-])ccc4[O-])c3=O)cc2)cc1.[Cu+2].[Na+]. The van der Waals surface area contributed by atoms with Crippen molar-refractivity contribution in [2.45, 2.75) is 4.90 Å². The summed E-state index contributed by atoms with van der Waals surface area (Å²) in [4.78, 5) is 37.2. The van der Waals surface area contributed by atoms with Gasteiger partial charge in [0.05, 0.1) is 22.0 Å². The minimum absolute atomic E-state index is 0. The third-order valence-corrected chi connectivity index (χ3v) is 7.28. The van der Waals surface area contributed by atoms with Crippen LogP contribution < -0.4 is 83.2 Å². The molecular weight excluding hydrogens is 731 g/mol. The maximum Gasteiger partial charge on any atom is 2.00 e. The third kappa shape index (κ3) is 9.93. The van der Waals surface area contributed by atoms with Gasteiger partial charge < -0.3 is 25.8 Å². The first kappa shape index (κ1) is 39.2. The average molecular weight is 752 g/mol. The molecule has 251 valence electrons. The van der Waals surface area contributed by atoms with E-state index >= 15 is 0 Å². The Morgan fingerprint density at radius 1 is 0.760 bits per heavy atom. The van der Waals surface area contributed by atoms with Crippen molar-refractivity contribution in [3.05, 3.63) is 134 Å². The number of rotatable bonds is 9. The number of benzene rings is 5. The molecule has 1 radical (unpaired) electrons. The van der Waals surface area contributed by atoms with E-state index in [0.29, 0.717) is 22.7 Å². The van der Waals surface area contributed by atoms with Crippen molar-refractivity contribution < 1.29 is 74.6 Å². The number of carbonyl (C=O) groups is 1. The van der Waals surface area contributed by atoms with Crippen LogP contribution in [-0.2, 0) is 27.2 Å². The number of carbonyl (C=O) groups excluding carboxylic acids is 1. The summed E-state index contributed by atoms with van der Waals surface area (Å²) < 4.78 is 33.7. The molecule has 0 atom stereocenters. The fourth-order valence-electron chi connectivity index (χ4n) is 3.98. The molecule has 0 unspecified atom stereocenters. The van der Waals surface area contributed by atoms with Crippen LogP contribution >= 0.6 is 0 Å². The third-order valence-electron chi connectivity index (χ3n) is 6.45. The molecule has 5 rings (SSSR count). The Labute approximate surface area is 315 Å². The van der Waals surface area contributed by atoms with Gasteiger partial charge in [0.25, 0.3) is 5.91 Å². The van der Waals surface area contributed by atoms with Crippen LogP contribution in [0.2, 0.25) is 0 Å². The molecule has 0 bridgehead atoms. The zero-order chi connectivity index (χ0) is 34.4. The van der Waals surface area contributed by atoms with Gasteiger partial charge in [0, 0.05) is 16.9 Å². The van der Waals surface area contributed by atoms with Crippen molar-refractivity contribution in [3.8, 4) is 11.5 Å². The summed E-state index contributed by atoms with van der Waals surface area (Å²) in [7, 11) is -4.85. The maximum atomic E-state index is 12.8. The summed E-state index contributed by atoms with van der Waals surface area (Å²) in [5.74, 6) is -1.36. The Hall–Kier alpha value is -5.20. The number of nitrogen functional groups attached to an aromatic ring is 1. The fourth-order valence-corrected chi connectivity index (χ4v) is 4.47. The van der Waals surface area contributed by atoms with Gasteiger partial charge in [0.1, 0.15) is 21.2 Å². The number of hydrogen-bond donors (Lipinski definition) is 4. The fraction of sp³-hybridized carbons (Fsp3) is 0. The monoisotopic (exact) mass is 751 g/mol. The van der Waals surface area contributed by atoms with Crippen LogP contribution in [0.3, 0.4) is 0 Å². The predicted octanol–water partition coefficient (Wildman–Crippen LogP) is -1.56. The number of nitrogens with two attached hydrogens (primary N) is 1. The van der Waals surface area contributed by atoms with Gasteiger partial charge in [-0.05, 0) is 84.9 Å². The van der Waals surface area contributed by atoms with Crippen LogP contribution in [0.1, 0.15) is 10.4 Å². The second kappa shape index (κ2) is 17.0. The van der Waals surface area contributed by atoms with Crippen LogP contribution in [0, 0.1) is 0 Å². The van der Waals surface area contributed by atoms with Crippen LogP contribution in [0.4, 0.5) is 34.1 Å². The minimum Gasteiger partial charge on any atom is -0.872 e. The Bertz CT molecular complexity index is 2400. The number of amides is 1. The normalized spacial score (nSPS) is 11.8. The van der Waals surface area contributed by atoms with Gasteiger partial charge in [0.2, 0.25) is 10.9 Å². The van der Waals surface area contributed by atoms with Gasteiger partial charge in [-0.25, -0.2) is 8.42 Å². The van der Waals surface area contributed by atoms with Crippen molar-refractivity contribution in [2.24, 2.45) is 20.4 Å². The second-order valence-corrected chi connectivity index (χ2v) is 11.2. The number of nitrogens with zero attached hydrogens (tertiary/aromatic N) is 4. The summed E-state index contributed by atoms with van der Waals surface area (Å²) in [6, 6.07) is 21.0. The minimum atomic E-state index is -4.85. The van der Waals surface area contributed by atoms with E-state index in [1.54, 1.807) is 24.3 Å². The van der Waals surface area contributed by atoms with Crippen molar-refractivity contribution in [2.75, 3.05) is 21.9 Å². The Kier molecular flexibility index (Phi) is 13.3. The summed E-state index contributed by atoms with van der Waals surface area (Å²) in [5.41, 5.74) is 10.7. The van der Waals surface area contributed by atoms with E-state index in [-0.39, 0.29) is 74.7 Å². The van der Waals surface area contributed by atoms with E-state index < -0.39 is 42.9 Å². The standard InChI is InChI=1S/C31H24N8O8S.Cu.Na/c32-23-15-21(40)9-11-24(23)36-34-20-7-5-18(6-8-20)33-31(44)17-1-3-19(4-2-17)35-39-29-28(42)14-12-25(30(29)43)37-38-26-16-22(48(45,46)47)10-13-27(26)41;;/h1-16,35,38,40-41H,32H2,(H,33,44)(H,45,46,47);;/q;+2;+1/p-3/b36-34?,37-25-,39-29+;;. The molecular formula is C31H21CuN8NaO8S. The Morgan fingerprint density at radius 2 is 1.44 bits per heavy atom. The van der Waals surface area contributed by atoms with Crippen molar-refractivity contribution in [1.29, 1.82) is 0 Å². The molecule has 0 aromatic heterocycles. The zero-order valence-corrected chi connectivity index (χ0v) is 29.3. The molecule has 5 N–H and O–H groups in total. The predicted molar refractivity (Wildman–Crippen MR) is 169 cm³/mol. The topological polar surface area (TPSA) is 266 Å². The Balaban J connectivity index is 0.00000338. The second-order valence-electron chi connectivity index (χ2n) is 9.82. The molecule has 0 saturated carbocycles. The summed E-state index contributed by atoms with van der Waals surface area (Å²) in [6.45, 7) is 0. The van der Waals surface area contributed by atoms with Gasteiger partial charge in [-0.3, -0.25) is 25.2 Å². The molecule has 0 aliphatic rings. The first-order chi connectivity index (χ1) is 22.9. The van der Waals surface area contributed by atoms with E-state index in [2.05, 4.69) is 36.6 Å². The number of anilines is 4. The molecule has 0 saturated heterocycles. The molecule has 5 aromatic rings. The quantitative estimate of drug-likeness (QED) is 0.0440. The van der Waals surface area contributed by atoms with E-state index in [4.69, 9.17) is 5.73 Å². The van der Waals surface area contributed by atoms with Gasteiger partial charge in [0.15, 0.2) is 5.36 Å². The Morgan fingerprint density at radius 3 is 2.10 bits per heavy atom. The van der Waals surface area contributed by atoms with Gasteiger partial charge in [-0.15, -0.1) is 10.9 Å².